The van der Waals surface area contributed by atoms with Crippen LogP contribution >= 0.6 is 22.6 Å². The van der Waals surface area contributed by atoms with E-state index in [0.29, 0.717) is 12.1 Å². The molecule has 2 amide bonds. The monoisotopic (exact) mass is 571 g/mol. The summed E-state index contributed by atoms with van der Waals surface area (Å²) >= 11 is 2.13. The molecule has 0 aromatic heterocycles. The van der Waals surface area contributed by atoms with Gasteiger partial charge < -0.3 is 10.2 Å². The molecule has 7 nitrogen and oxygen atoms in total. The minimum absolute atomic E-state index is 0.0791. The van der Waals surface area contributed by atoms with Gasteiger partial charge in [-0.1, -0.05) is 37.3 Å². The summed E-state index contributed by atoms with van der Waals surface area (Å²) in [4.78, 5) is 27.8. The zero-order valence-corrected chi connectivity index (χ0v) is 21.8. The molecule has 0 aliphatic rings. The lowest BCUT2D eigenvalue weighted by molar-refractivity contribution is -0.140. The average molecular weight is 571 g/mol. The number of hydrogen-bond acceptors (Lipinski definition) is 4. The Balaban J connectivity index is 2.40. The Labute approximate surface area is 204 Å². The molecule has 174 valence electrons. The van der Waals surface area contributed by atoms with Crippen LogP contribution in [0.4, 0.5) is 5.69 Å². The molecular weight excluding hydrogens is 541 g/mol. The molecule has 0 bridgehead atoms. The Morgan fingerprint density at radius 1 is 1.03 bits per heavy atom. The highest BCUT2D eigenvalue weighted by molar-refractivity contribution is 14.1. The first-order valence-electron chi connectivity index (χ1n) is 10.4. The molecule has 1 atom stereocenters. The fourth-order valence-corrected chi connectivity index (χ4v) is 4.51. The summed E-state index contributed by atoms with van der Waals surface area (Å²) < 4.78 is 27.1. The standard InChI is InChI=1S/C23H30IN3O4S/c1-5-21(23(29)25-17(2)3)26(15-18-9-7-6-8-10-18)22(28)16-27(32(4,30)31)20-13-11-19(24)12-14-20/h6-14,17,21H,5,15-16H2,1-4H3,(H,25,29)/t21-/m1/s1. The molecule has 9 heteroatoms. The van der Waals surface area contributed by atoms with Crippen LogP contribution in [0.25, 0.3) is 0 Å². The van der Waals surface area contributed by atoms with Crippen molar-refractivity contribution in [1.82, 2.24) is 10.2 Å². The molecule has 32 heavy (non-hydrogen) atoms. The largest absolute Gasteiger partial charge is 0.352 e. The van der Waals surface area contributed by atoms with Gasteiger partial charge in [-0.05, 0) is 72.7 Å². The third-order valence-corrected chi connectivity index (χ3v) is 6.67. The van der Waals surface area contributed by atoms with Gasteiger partial charge in [0.1, 0.15) is 12.6 Å². The summed E-state index contributed by atoms with van der Waals surface area (Å²) in [7, 11) is -3.72. The van der Waals surface area contributed by atoms with E-state index in [-0.39, 0.29) is 18.5 Å². The second kappa shape index (κ2) is 11.6. The van der Waals surface area contributed by atoms with Crippen molar-refractivity contribution in [3.05, 3.63) is 63.7 Å². The summed E-state index contributed by atoms with van der Waals surface area (Å²) in [5.41, 5.74) is 1.26. The summed E-state index contributed by atoms with van der Waals surface area (Å²) in [6.07, 6.45) is 1.47. The third-order valence-electron chi connectivity index (χ3n) is 4.81. The van der Waals surface area contributed by atoms with E-state index in [2.05, 4.69) is 27.9 Å². The lowest BCUT2D eigenvalue weighted by Crippen LogP contribution is -2.53. The topological polar surface area (TPSA) is 86.8 Å². The number of rotatable bonds is 10. The fourth-order valence-electron chi connectivity index (χ4n) is 3.30. The van der Waals surface area contributed by atoms with Gasteiger partial charge in [-0.2, -0.15) is 0 Å². The molecule has 0 saturated carbocycles. The average Bonchev–Trinajstić information content (AvgIpc) is 2.72. The molecule has 1 N–H and O–H groups in total. The van der Waals surface area contributed by atoms with E-state index in [1.165, 1.54) is 4.90 Å². The quantitative estimate of drug-likeness (QED) is 0.443. The SMILES string of the molecule is CC[C@H](C(=O)NC(C)C)N(Cc1ccccc1)C(=O)CN(c1ccc(I)cc1)S(C)(=O)=O. The lowest BCUT2D eigenvalue weighted by Gasteiger charge is -2.33. The minimum Gasteiger partial charge on any atom is -0.352 e. The Kier molecular flexibility index (Phi) is 9.50. The third kappa shape index (κ3) is 7.47. The van der Waals surface area contributed by atoms with E-state index < -0.39 is 28.5 Å². The number of carbonyl (C=O) groups is 2. The van der Waals surface area contributed by atoms with Crippen LogP contribution in [-0.2, 0) is 26.2 Å². The van der Waals surface area contributed by atoms with E-state index in [4.69, 9.17) is 0 Å². The van der Waals surface area contributed by atoms with Gasteiger partial charge in [0, 0.05) is 16.2 Å². The predicted molar refractivity (Wildman–Crippen MR) is 136 cm³/mol. The summed E-state index contributed by atoms with van der Waals surface area (Å²) in [5, 5.41) is 2.87. The van der Waals surface area contributed by atoms with Crippen molar-refractivity contribution in [1.29, 1.82) is 0 Å². The number of hydrogen-bond donors (Lipinski definition) is 1. The van der Waals surface area contributed by atoms with E-state index in [1.54, 1.807) is 24.3 Å². The molecule has 0 aliphatic carbocycles. The van der Waals surface area contributed by atoms with Crippen LogP contribution in [0.1, 0.15) is 32.8 Å². The van der Waals surface area contributed by atoms with E-state index in [0.717, 1.165) is 19.7 Å². The van der Waals surface area contributed by atoms with E-state index in [9.17, 15) is 18.0 Å². The summed E-state index contributed by atoms with van der Waals surface area (Å²) in [5.74, 6) is -0.699. The second-order valence-corrected chi connectivity index (χ2v) is 11.0. The maximum Gasteiger partial charge on any atom is 0.244 e. The van der Waals surface area contributed by atoms with Gasteiger partial charge in [0.05, 0.1) is 11.9 Å². The highest BCUT2D eigenvalue weighted by Crippen LogP contribution is 2.21. The number of sulfonamides is 1. The first-order chi connectivity index (χ1) is 15.0. The van der Waals surface area contributed by atoms with Crippen molar-refractivity contribution >= 4 is 50.1 Å². The number of nitrogens with one attached hydrogen (secondary N) is 1. The maximum absolute atomic E-state index is 13.5. The number of carbonyl (C=O) groups excluding carboxylic acids is 2. The normalized spacial score (nSPS) is 12.3. The van der Waals surface area contributed by atoms with Crippen molar-refractivity contribution in [2.45, 2.75) is 45.8 Å². The first kappa shape index (κ1) is 26.1. The number of amides is 2. The Bertz CT molecular complexity index is 1010. The highest BCUT2D eigenvalue weighted by atomic mass is 127. The van der Waals surface area contributed by atoms with Gasteiger partial charge >= 0.3 is 0 Å². The number of nitrogens with zero attached hydrogens (tertiary/aromatic N) is 2. The number of benzene rings is 2. The van der Waals surface area contributed by atoms with Crippen molar-refractivity contribution in [3.63, 3.8) is 0 Å². The zero-order valence-electron chi connectivity index (χ0n) is 18.8. The Morgan fingerprint density at radius 3 is 2.12 bits per heavy atom. The molecular formula is C23H30IN3O4S. The van der Waals surface area contributed by atoms with Crippen LogP contribution in [0.5, 0.6) is 0 Å². The van der Waals surface area contributed by atoms with Gasteiger partial charge in [0.2, 0.25) is 21.8 Å². The minimum atomic E-state index is -3.72. The van der Waals surface area contributed by atoms with Crippen molar-refractivity contribution in [3.8, 4) is 0 Å². The highest BCUT2D eigenvalue weighted by Gasteiger charge is 2.31. The van der Waals surface area contributed by atoms with Crippen LogP contribution in [0.15, 0.2) is 54.6 Å². The van der Waals surface area contributed by atoms with Crippen LogP contribution in [0.3, 0.4) is 0 Å². The molecule has 0 heterocycles. The molecule has 0 radical (unpaired) electrons. The van der Waals surface area contributed by atoms with Crippen molar-refractivity contribution in [2.24, 2.45) is 0 Å². The maximum atomic E-state index is 13.5. The number of anilines is 1. The fraction of sp³-hybridized carbons (Fsp3) is 0.391. The Hall–Kier alpha value is -2.14. The molecule has 0 spiro atoms. The second-order valence-electron chi connectivity index (χ2n) is 7.84. The number of halogens is 1. The van der Waals surface area contributed by atoms with E-state index >= 15 is 0 Å². The van der Waals surface area contributed by atoms with Gasteiger partial charge in [0.25, 0.3) is 0 Å². The molecule has 2 aromatic rings. The molecule has 2 rings (SSSR count). The Morgan fingerprint density at radius 2 is 1.62 bits per heavy atom. The summed E-state index contributed by atoms with van der Waals surface area (Å²) in [6.45, 7) is 5.36. The van der Waals surface area contributed by atoms with Gasteiger partial charge in [-0.15, -0.1) is 0 Å². The van der Waals surface area contributed by atoms with Crippen molar-refractivity contribution in [2.75, 3.05) is 17.1 Å². The van der Waals surface area contributed by atoms with Gasteiger partial charge in [0.15, 0.2) is 0 Å². The molecule has 0 unspecified atom stereocenters. The molecule has 2 aromatic carbocycles. The first-order valence-corrected chi connectivity index (χ1v) is 13.3. The summed E-state index contributed by atoms with van der Waals surface area (Å²) in [6, 6.07) is 15.5. The molecule has 0 fully saturated rings. The van der Waals surface area contributed by atoms with Crippen molar-refractivity contribution < 1.29 is 18.0 Å². The molecule has 0 aliphatic heterocycles. The van der Waals surface area contributed by atoms with Gasteiger partial charge in [-0.25, -0.2) is 8.42 Å². The van der Waals surface area contributed by atoms with E-state index in [1.807, 2.05) is 51.1 Å². The van der Waals surface area contributed by atoms with Crippen LogP contribution in [0.2, 0.25) is 0 Å². The molecule has 0 saturated heterocycles. The van der Waals surface area contributed by atoms with Crippen LogP contribution in [0, 0.1) is 3.57 Å². The van der Waals surface area contributed by atoms with Crippen LogP contribution in [-0.4, -0.2) is 50.0 Å². The smallest absolute Gasteiger partial charge is 0.244 e. The predicted octanol–water partition coefficient (Wildman–Crippen LogP) is 3.39. The lowest BCUT2D eigenvalue weighted by atomic mass is 10.1. The van der Waals surface area contributed by atoms with Crippen LogP contribution < -0.4 is 9.62 Å². The zero-order chi connectivity index (χ0) is 23.9. The van der Waals surface area contributed by atoms with Gasteiger partial charge in [-0.3, -0.25) is 13.9 Å².